The van der Waals surface area contributed by atoms with Gasteiger partial charge in [-0.05, 0) is 19.4 Å². The van der Waals surface area contributed by atoms with Crippen LogP contribution in [0.5, 0.6) is 0 Å². The molecule has 0 spiro atoms. The van der Waals surface area contributed by atoms with E-state index in [0.29, 0.717) is 11.6 Å². The highest BCUT2D eigenvalue weighted by Gasteiger charge is 2.10. The molecule has 0 fully saturated rings. The molecule has 0 bridgehead atoms. The van der Waals surface area contributed by atoms with E-state index in [9.17, 15) is 0 Å². The minimum Gasteiger partial charge on any atom is -0.380 e. The van der Waals surface area contributed by atoms with Crippen LogP contribution in [0.2, 0.25) is 0 Å². The number of nitrogens with two attached hydrogens (primary N) is 1. The molecule has 1 rings (SSSR count). The number of aromatic nitrogens is 1. The molecule has 0 radical (unpaired) electrons. The molecule has 2 N–H and O–H groups in total. The summed E-state index contributed by atoms with van der Waals surface area (Å²) >= 11 is 0. The summed E-state index contributed by atoms with van der Waals surface area (Å²) in [6.45, 7) is 11.5. The van der Waals surface area contributed by atoms with Gasteiger partial charge in [0.2, 0.25) is 0 Å². The zero-order valence-electron chi connectivity index (χ0n) is 9.29. The molecule has 0 aromatic carbocycles. The Hall–Kier alpha value is -1.51. The Kier molecular flexibility index (Phi) is 5.37. The average molecular weight is 194 g/mol. The number of anilines is 1. The molecule has 0 amide bonds. The van der Waals surface area contributed by atoms with Crippen molar-refractivity contribution in [3.05, 3.63) is 24.0 Å². The predicted octanol–water partition coefficient (Wildman–Crippen LogP) is 3.35. The fourth-order valence-corrected chi connectivity index (χ4v) is 0.922. The van der Waals surface area contributed by atoms with Crippen molar-refractivity contribution in [3.63, 3.8) is 0 Å². The molecule has 3 nitrogen and oxygen atoms in total. The van der Waals surface area contributed by atoms with E-state index in [1.54, 1.807) is 6.08 Å². The lowest BCUT2D eigenvalue weighted by Crippen LogP contribution is -1.87. The first-order chi connectivity index (χ1) is 6.70. The van der Waals surface area contributed by atoms with Crippen molar-refractivity contribution in [2.24, 2.45) is 0 Å². The quantitative estimate of drug-likeness (QED) is 0.785. The molecule has 0 aliphatic heterocycles. The highest BCUT2D eigenvalue weighted by molar-refractivity contribution is 5.73. The van der Waals surface area contributed by atoms with Gasteiger partial charge in [0.15, 0.2) is 11.6 Å². The van der Waals surface area contributed by atoms with E-state index in [2.05, 4.69) is 11.7 Å². The third kappa shape index (κ3) is 2.49. The van der Waals surface area contributed by atoms with Crippen LogP contribution in [0.25, 0.3) is 11.6 Å². The normalized spacial score (nSPS) is 10.4. The molecule has 1 aromatic rings. The van der Waals surface area contributed by atoms with E-state index in [1.165, 1.54) is 0 Å². The van der Waals surface area contributed by atoms with Crippen molar-refractivity contribution < 1.29 is 4.52 Å². The predicted molar refractivity (Wildman–Crippen MR) is 61.7 cm³/mol. The largest absolute Gasteiger partial charge is 0.380 e. The first-order valence-electron chi connectivity index (χ1n) is 4.71. The van der Waals surface area contributed by atoms with Gasteiger partial charge in [-0.1, -0.05) is 37.7 Å². The smallest absolute Gasteiger partial charge is 0.174 e. The number of hydrogen-bond donors (Lipinski definition) is 1. The van der Waals surface area contributed by atoms with Crippen LogP contribution in [0.1, 0.15) is 39.0 Å². The molecule has 1 heterocycles. The van der Waals surface area contributed by atoms with E-state index < -0.39 is 0 Å². The number of nitrogen functional groups attached to an aromatic ring is 1. The maximum absolute atomic E-state index is 5.54. The van der Waals surface area contributed by atoms with Gasteiger partial charge in [-0.3, -0.25) is 0 Å². The standard InChI is InChI=1S/C9H12N2O.C2H6/c1-4-6(3)8-7(5-2)9(10)11-12-8;1-2/h4-5H,2H2,1,3H3,(H2,10,11);1-2H3/b6-4-;. The molecule has 0 saturated heterocycles. The summed E-state index contributed by atoms with van der Waals surface area (Å²) < 4.78 is 5.02. The Morgan fingerprint density at radius 3 is 2.50 bits per heavy atom. The molecule has 0 unspecified atom stereocenters. The summed E-state index contributed by atoms with van der Waals surface area (Å²) in [5, 5.41) is 3.65. The van der Waals surface area contributed by atoms with Crippen LogP contribution in [0.15, 0.2) is 17.2 Å². The van der Waals surface area contributed by atoms with Crippen molar-refractivity contribution in [2.75, 3.05) is 5.73 Å². The van der Waals surface area contributed by atoms with Gasteiger partial charge in [-0.15, -0.1) is 0 Å². The van der Waals surface area contributed by atoms with Gasteiger partial charge in [-0.25, -0.2) is 0 Å². The zero-order chi connectivity index (χ0) is 11.1. The van der Waals surface area contributed by atoms with Gasteiger partial charge in [0.05, 0.1) is 5.56 Å². The Balaban J connectivity index is 0.000000791. The van der Waals surface area contributed by atoms with Gasteiger partial charge >= 0.3 is 0 Å². The van der Waals surface area contributed by atoms with E-state index in [0.717, 1.165) is 11.1 Å². The molecule has 0 aliphatic carbocycles. The van der Waals surface area contributed by atoms with E-state index in [-0.39, 0.29) is 0 Å². The molecular formula is C11H18N2O. The van der Waals surface area contributed by atoms with E-state index in [4.69, 9.17) is 10.3 Å². The molecule has 0 saturated carbocycles. The van der Waals surface area contributed by atoms with E-state index in [1.807, 2.05) is 33.8 Å². The van der Waals surface area contributed by atoms with Gasteiger partial charge in [0.25, 0.3) is 0 Å². The number of hydrogen-bond acceptors (Lipinski definition) is 3. The second-order valence-corrected chi connectivity index (χ2v) is 2.49. The van der Waals surface area contributed by atoms with Crippen LogP contribution in [0, 0.1) is 0 Å². The minimum atomic E-state index is 0.390. The fourth-order valence-electron chi connectivity index (χ4n) is 0.922. The number of rotatable bonds is 2. The van der Waals surface area contributed by atoms with Crippen LogP contribution in [-0.4, -0.2) is 5.16 Å². The van der Waals surface area contributed by atoms with Gasteiger partial charge < -0.3 is 10.3 Å². The molecule has 1 aromatic heterocycles. The molecule has 0 atom stereocenters. The Bertz CT molecular complexity index is 324. The van der Waals surface area contributed by atoms with Crippen LogP contribution in [-0.2, 0) is 0 Å². The van der Waals surface area contributed by atoms with Crippen molar-refractivity contribution in [2.45, 2.75) is 27.7 Å². The van der Waals surface area contributed by atoms with Gasteiger partial charge in [0, 0.05) is 0 Å². The summed E-state index contributed by atoms with van der Waals surface area (Å²) in [4.78, 5) is 0. The topological polar surface area (TPSA) is 52.0 Å². The highest BCUT2D eigenvalue weighted by atomic mass is 16.5. The first-order valence-corrected chi connectivity index (χ1v) is 4.71. The number of allylic oxidation sites excluding steroid dienone is 2. The van der Waals surface area contributed by atoms with Crippen molar-refractivity contribution in [3.8, 4) is 0 Å². The summed E-state index contributed by atoms with van der Waals surface area (Å²) in [5.41, 5.74) is 7.32. The summed E-state index contributed by atoms with van der Waals surface area (Å²) in [7, 11) is 0. The summed E-state index contributed by atoms with van der Waals surface area (Å²) in [6.07, 6.45) is 3.58. The van der Waals surface area contributed by atoms with Gasteiger partial charge in [-0.2, -0.15) is 0 Å². The summed E-state index contributed by atoms with van der Waals surface area (Å²) in [5.74, 6) is 1.09. The molecule has 0 aliphatic rings. The Labute approximate surface area is 85.3 Å². The minimum absolute atomic E-state index is 0.390. The lowest BCUT2D eigenvalue weighted by atomic mass is 10.1. The van der Waals surface area contributed by atoms with Crippen molar-refractivity contribution in [1.82, 2.24) is 5.16 Å². The van der Waals surface area contributed by atoms with Crippen LogP contribution >= 0.6 is 0 Å². The van der Waals surface area contributed by atoms with Crippen molar-refractivity contribution in [1.29, 1.82) is 0 Å². The van der Waals surface area contributed by atoms with E-state index >= 15 is 0 Å². The highest BCUT2D eigenvalue weighted by Crippen LogP contribution is 2.24. The summed E-state index contributed by atoms with van der Waals surface area (Å²) in [6, 6.07) is 0. The molecule has 14 heavy (non-hydrogen) atoms. The molecular weight excluding hydrogens is 176 g/mol. The maximum atomic E-state index is 5.54. The lowest BCUT2D eigenvalue weighted by molar-refractivity contribution is 0.413. The zero-order valence-corrected chi connectivity index (χ0v) is 9.29. The SMILES string of the molecule is C=Cc1c(N)noc1/C(C)=C\C.CC. The maximum Gasteiger partial charge on any atom is 0.174 e. The second-order valence-electron chi connectivity index (χ2n) is 2.49. The van der Waals surface area contributed by atoms with Gasteiger partial charge in [0.1, 0.15) is 0 Å². The monoisotopic (exact) mass is 194 g/mol. The number of nitrogens with zero attached hydrogens (tertiary/aromatic N) is 1. The van der Waals surface area contributed by atoms with Crippen LogP contribution in [0.4, 0.5) is 5.82 Å². The molecule has 78 valence electrons. The first kappa shape index (κ1) is 12.5. The Morgan fingerprint density at radius 1 is 1.50 bits per heavy atom. The second kappa shape index (κ2) is 6.02. The Morgan fingerprint density at radius 2 is 2.07 bits per heavy atom. The lowest BCUT2D eigenvalue weighted by Gasteiger charge is -1.94. The van der Waals surface area contributed by atoms with Crippen molar-refractivity contribution >= 4 is 17.5 Å². The van der Waals surface area contributed by atoms with Crippen LogP contribution < -0.4 is 5.73 Å². The molecule has 3 heteroatoms. The third-order valence-corrected chi connectivity index (χ3v) is 1.75. The van der Waals surface area contributed by atoms with Crippen LogP contribution in [0.3, 0.4) is 0 Å². The third-order valence-electron chi connectivity index (χ3n) is 1.75. The fraction of sp³-hybridized carbons (Fsp3) is 0.364. The average Bonchev–Trinajstić information content (AvgIpc) is 2.61.